The zero-order valence-corrected chi connectivity index (χ0v) is 13.3. The lowest BCUT2D eigenvalue weighted by atomic mass is 10.1. The topological polar surface area (TPSA) is 41.1 Å². The number of carbonyl (C=O) groups excluding carboxylic acids is 1. The zero-order valence-electron chi connectivity index (χ0n) is 11.8. The summed E-state index contributed by atoms with van der Waals surface area (Å²) in [5.74, 6) is 0. The molecule has 2 aromatic rings. The summed E-state index contributed by atoms with van der Waals surface area (Å²) in [6, 6.07) is 10.6. The van der Waals surface area contributed by atoms with Crippen molar-refractivity contribution in [3.8, 4) is 0 Å². The number of halogens is 2. The molecule has 0 atom stereocenters. The molecule has 0 heterocycles. The summed E-state index contributed by atoms with van der Waals surface area (Å²) in [7, 11) is 0. The quantitative estimate of drug-likeness (QED) is 0.768. The van der Waals surface area contributed by atoms with E-state index in [-0.39, 0.29) is 6.03 Å². The Morgan fingerprint density at radius 1 is 1.10 bits per heavy atom. The average Bonchev–Trinajstić information content (AvgIpc) is 2.45. The fourth-order valence-electron chi connectivity index (χ4n) is 2.05. The standard InChI is InChI=1S/C16H16Cl2N2O/c1-3-11-6-4-5-10(2)15(11)20-16(21)19-12-7-8-13(17)14(18)9-12/h4-9H,3H2,1-2H3,(H2,19,20,21). The number of hydrogen-bond acceptors (Lipinski definition) is 1. The van der Waals surface area contributed by atoms with Crippen molar-refractivity contribution < 1.29 is 4.79 Å². The maximum atomic E-state index is 12.1. The molecule has 0 saturated carbocycles. The number of anilines is 2. The highest BCUT2D eigenvalue weighted by molar-refractivity contribution is 6.42. The van der Waals surface area contributed by atoms with Crippen molar-refractivity contribution in [1.82, 2.24) is 0 Å². The Morgan fingerprint density at radius 3 is 2.52 bits per heavy atom. The Morgan fingerprint density at radius 2 is 1.86 bits per heavy atom. The van der Waals surface area contributed by atoms with Crippen LogP contribution in [0.2, 0.25) is 10.0 Å². The van der Waals surface area contributed by atoms with Crippen LogP contribution in [0.3, 0.4) is 0 Å². The molecule has 2 N–H and O–H groups in total. The van der Waals surface area contributed by atoms with Gasteiger partial charge < -0.3 is 10.6 Å². The van der Waals surface area contributed by atoms with Crippen molar-refractivity contribution in [3.63, 3.8) is 0 Å². The lowest BCUT2D eigenvalue weighted by Crippen LogP contribution is -2.20. The number of aryl methyl sites for hydroxylation is 2. The SMILES string of the molecule is CCc1cccc(C)c1NC(=O)Nc1ccc(Cl)c(Cl)c1. The van der Waals surface area contributed by atoms with Gasteiger partial charge in [0, 0.05) is 11.4 Å². The lowest BCUT2D eigenvalue weighted by Gasteiger charge is -2.14. The summed E-state index contributed by atoms with van der Waals surface area (Å²) in [5.41, 5.74) is 3.56. The minimum atomic E-state index is -0.308. The Kier molecular flexibility index (Phi) is 5.10. The van der Waals surface area contributed by atoms with Gasteiger partial charge in [0.2, 0.25) is 0 Å². The lowest BCUT2D eigenvalue weighted by molar-refractivity contribution is 0.262. The molecule has 110 valence electrons. The highest BCUT2D eigenvalue weighted by Crippen LogP contribution is 2.25. The van der Waals surface area contributed by atoms with E-state index in [1.165, 1.54) is 0 Å². The van der Waals surface area contributed by atoms with Crippen LogP contribution < -0.4 is 10.6 Å². The number of rotatable bonds is 3. The van der Waals surface area contributed by atoms with Crippen molar-refractivity contribution in [3.05, 3.63) is 57.6 Å². The molecule has 3 nitrogen and oxygen atoms in total. The van der Waals surface area contributed by atoms with E-state index in [9.17, 15) is 4.79 Å². The van der Waals surface area contributed by atoms with Crippen LogP contribution in [0.4, 0.5) is 16.2 Å². The van der Waals surface area contributed by atoms with Crippen molar-refractivity contribution in [2.75, 3.05) is 10.6 Å². The highest BCUT2D eigenvalue weighted by atomic mass is 35.5. The zero-order chi connectivity index (χ0) is 15.4. The number of benzene rings is 2. The van der Waals surface area contributed by atoms with E-state index in [1.807, 2.05) is 25.1 Å². The third-order valence-electron chi connectivity index (χ3n) is 3.16. The van der Waals surface area contributed by atoms with Crippen LogP contribution in [0.15, 0.2) is 36.4 Å². The van der Waals surface area contributed by atoms with Gasteiger partial charge in [-0.05, 0) is 42.7 Å². The highest BCUT2D eigenvalue weighted by Gasteiger charge is 2.09. The van der Waals surface area contributed by atoms with Gasteiger partial charge in [-0.25, -0.2) is 4.79 Å². The van der Waals surface area contributed by atoms with Crippen LogP contribution in [-0.2, 0) is 6.42 Å². The molecular formula is C16H16Cl2N2O. The molecule has 0 aromatic heterocycles. The average molecular weight is 323 g/mol. The fraction of sp³-hybridized carbons (Fsp3) is 0.188. The normalized spacial score (nSPS) is 10.3. The van der Waals surface area contributed by atoms with E-state index >= 15 is 0 Å². The van der Waals surface area contributed by atoms with Gasteiger partial charge in [-0.2, -0.15) is 0 Å². The molecule has 0 aliphatic carbocycles. The first-order valence-electron chi connectivity index (χ1n) is 6.62. The van der Waals surface area contributed by atoms with Crippen molar-refractivity contribution in [2.45, 2.75) is 20.3 Å². The van der Waals surface area contributed by atoms with E-state index in [2.05, 4.69) is 17.6 Å². The second-order valence-electron chi connectivity index (χ2n) is 4.67. The van der Waals surface area contributed by atoms with Gasteiger partial charge in [0.05, 0.1) is 10.0 Å². The van der Waals surface area contributed by atoms with Gasteiger partial charge in [0.1, 0.15) is 0 Å². The van der Waals surface area contributed by atoms with Crippen molar-refractivity contribution in [2.24, 2.45) is 0 Å². The molecule has 0 unspecified atom stereocenters. The number of nitrogens with one attached hydrogen (secondary N) is 2. The minimum Gasteiger partial charge on any atom is -0.308 e. The van der Waals surface area contributed by atoms with Crippen LogP contribution in [0, 0.1) is 6.92 Å². The van der Waals surface area contributed by atoms with Crippen LogP contribution in [0.25, 0.3) is 0 Å². The molecule has 2 aromatic carbocycles. The van der Waals surface area contributed by atoms with E-state index in [0.29, 0.717) is 15.7 Å². The maximum absolute atomic E-state index is 12.1. The third-order valence-corrected chi connectivity index (χ3v) is 3.90. The molecule has 5 heteroatoms. The Hall–Kier alpha value is -1.71. The predicted octanol–water partition coefficient (Wildman–Crippen LogP) is 5.51. The molecule has 0 saturated heterocycles. The first-order valence-corrected chi connectivity index (χ1v) is 7.38. The number of carbonyl (C=O) groups is 1. The van der Waals surface area contributed by atoms with Gasteiger partial charge in [-0.3, -0.25) is 0 Å². The summed E-state index contributed by atoms with van der Waals surface area (Å²) in [6.07, 6.45) is 0.851. The van der Waals surface area contributed by atoms with Crippen molar-refractivity contribution in [1.29, 1.82) is 0 Å². The molecule has 0 aliphatic heterocycles. The third kappa shape index (κ3) is 3.90. The molecule has 0 radical (unpaired) electrons. The van der Waals surface area contributed by atoms with Gasteiger partial charge in [0.25, 0.3) is 0 Å². The first-order chi connectivity index (χ1) is 10.0. The Balaban J connectivity index is 2.13. The summed E-state index contributed by atoms with van der Waals surface area (Å²) in [5, 5.41) is 6.49. The largest absolute Gasteiger partial charge is 0.323 e. The molecule has 0 spiro atoms. The van der Waals surface area contributed by atoms with E-state index < -0.39 is 0 Å². The minimum absolute atomic E-state index is 0.308. The smallest absolute Gasteiger partial charge is 0.308 e. The number of amides is 2. The molecule has 0 bridgehead atoms. The van der Waals surface area contributed by atoms with Gasteiger partial charge in [-0.1, -0.05) is 48.3 Å². The molecule has 0 fully saturated rings. The molecule has 2 rings (SSSR count). The van der Waals surface area contributed by atoms with Crippen LogP contribution >= 0.6 is 23.2 Å². The van der Waals surface area contributed by atoms with E-state index in [1.54, 1.807) is 18.2 Å². The second kappa shape index (κ2) is 6.83. The summed E-state index contributed by atoms with van der Waals surface area (Å²) in [6.45, 7) is 4.02. The summed E-state index contributed by atoms with van der Waals surface area (Å²) in [4.78, 5) is 12.1. The van der Waals surface area contributed by atoms with Crippen LogP contribution in [-0.4, -0.2) is 6.03 Å². The van der Waals surface area contributed by atoms with E-state index in [0.717, 1.165) is 23.2 Å². The van der Waals surface area contributed by atoms with Crippen LogP contribution in [0.5, 0.6) is 0 Å². The predicted molar refractivity (Wildman–Crippen MR) is 89.7 cm³/mol. The number of hydrogen-bond donors (Lipinski definition) is 2. The fourth-order valence-corrected chi connectivity index (χ4v) is 2.35. The number of urea groups is 1. The second-order valence-corrected chi connectivity index (χ2v) is 5.49. The summed E-state index contributed by atoms with van der Waals surface area (Å²) >= 11 is 11.8. The molecule has 0 aliphatic rings. The number of para-hydroxylation sites is 1. The van der Waals surface area contributed by atoms with Gasteiger partial charge in [0.15, 0.2) is 0 Å². The van der Waals surface area contributed by atoms with E-state index in [4.69, 9.17) is 23.2 Å². The molecule has 21 heavy (non-hydrogen) atoms. The Labute approximate surface area is 134 Å². The summed E-state index contributed by atoms with van der Waals surface area (Å²) < 4.78 is 0. The monoisotopic (exact) mass is 322 g/mol. The van der Waals surface area contributed by atoms with Crippen molar-refractivity contribution >= 4 is 40.6 Å². The van der Waals surface area contributed by atoms with Crippen LogP contribution in [0.1, 0.15) is 18.1 Å². The molecule has 2 amide bonds. The van der Waals surface area contributed by atoms with Gasteiger partial charge >= 0.3 is 6.03 Å². The first kappa shape index (κ1) is 15.7. The molecular weight excluding hydrogens is 307 g/mol. The van der Waals surface area contributed by atoms with Gasteiger partial charge in [-0.15, -0.1) is 0 Å². The Bertz CT molecular complexity index is 671. The maximum Gasteiger partial charge on any atom is 0.323 e.